The summed E-state index contributed by atoms with van der Waals surface area (Å²) in [5.41, 5.74) is 1.45. The van der Waals surface area contributed by atoms with Crippen LogP contribution < -0.4 is 4.74 Å². The molecule has 1 fully saturated rings. The zero-order valence-corrected chi connectivity index (χ0v) is 13.6. The van der Waals surface area contributed by atoms with Crippen LogP contribution in [-0.2, 0) is 6.54 Å². The minimum atomic E-state index is -0.862. The maximum absolute atomic E-state index is 11.0. The molecule has 0 spiro atoms. The number of aromatic nitrogens is 1. The first-order chi connectivity index (χ1) is 12.2. The predicted octanol–water partition coefficient (Wildman–Crippen LogP) is 2.54. The van der Waals surface area contributed by atoms with Crippen molar-refractivity contribution in [2.24, 2.45) is 0 Å². The molecule has 1 N–H and O–H groups in total. The van der Waals surface area contributed by atoms with Gasteiger partial charge in [-0.3, -0.25) is 4.90 Å². The number of benzene rings is 1. The molecular weight excluding hydrogens is 320 g/mol. The van der Waals surface area contributed by atoms with Gasteiger partial charge in [-0.2, -0.15) is 5.26 Å². The van der Waals surface area contributed by atoms with Gasteiger partial charge in [0.25, 0.3) is 0 Å². The van der Waals surface area contributed by atoms with Crippen molar-refractivity contribution < 1.29 is 14.6 Å². The number of rotatable bonds is 4. The fraction of sp³-hybridized carbons (Fsp3) is 0.278. The van der Waals surface area contributed by atoms with Crippen molar-refractivity contribution in [2.75, 3.05) is 26.2 Å². The molecule has 0 bridgehead atoms. The maximum Gasteiger partial charge on any atom is 0.407 e. The van der Waals surface area contributed by atoms with Crippen molar-refractivity contribution in [2.45, 2.75) is 6.54 Å². The van der Waals surface area contributed by atoms with Crippen LogP contribution in [0.1, 0.15) is 11.1 Å². The summed E-state index contributed by atoms with van der Waals surface area (Å²) in [4.78, 5) is 18.7. The smallest absolute Gasteiger partial charge is 0.407 e. The minimum absolute atomic E-state index is 0.289. The van der Waals surface area contributed by atoms with Crippen LogP contribution in [0.5, 0.6) is 11.6 Å². The van der Waals surface area contributed by atoms with Gasteiger partial charge in [0.1, 0.15) is 17.4 Å². The van der Waals surface area contributed by atoms with E-state index in [1.54, 1.807) is 18.3 Å². The topological polar surface area (TPSA) is 89.7 Å². The van der Waals surface area contributed by atoms with Gasteiger partial charge in [0, 0.05) is 38.9 Å². The highest BCUT2D eigenvalue weighted by Gasteiger charge is 2.20. The average molecular weight is 338 g/mol. The third-order valence-corrected chi connectivity index (χ3v) is 4.05. The fourth-order valence-electron chi connectivity index (χ4n) is 2.73. The van der Waals surface area contributed by atoms with E-state index in [9.17, 15) is 4.79 Å². The summed E-state index contributed by atoms with van der Waals surface area (Å²) in [7, 11) is 0. The Morgan fingerprint density at radius 1 is 1.24 bits per heavy atom. The van der Waals surface area contributed by atoms with Gasteiger partial charge < -0.3 is 14.7 Å². The lowest BCUT2D eigenvalue weighted by molar-refractivity contribution is 0.103. The van der Waals surface area contributed by atoms with Gasteiger partial charge in [-0.15, -0.1) is 0 Å². The molecule has 0 radical (unpaired) electrons. The molecule has 2 heterocycles. The number of pyridine rings is 1. The summed E-state index contributed by atoms with van der Waals surface area (Å²) in [6, 6.07) is 13.0. The van der Waals surface area contributed by atoms with E-state index in [4.69, 9.17) is 15.1 Å². The van der Waals surface area contributed by atoms with Crippen molar-refractivity contribution in [3.05, 3.63) is 53.7 Å². The van der Waals surface area contributed by atoms with Crippen LogP contribution in [0.4, 0.5) is 4.79 Å². The van der Waals surface area contributed by atoms with Crippen molar-refractivity contribution in [3.63, 3.8) is 0 Å². The molecule has 1 aromatic carbocycles. The molecule has 7 nitrogen and oxygen atoms in total. The Kier molecular flexibility index (Phi) is 5.11. The van der Waals surface area contributed by atoms with Gasteiger partial charge in [-0.25, -0.2) is 9.78 Å². The molecule has 1 aromatic heterocycles. The van der Waals surface area contributed by atoms with Crippen molar-refractivity contribution >= 4 is 6.09 Å². The number of carboxylic acid groups (broad SMARTS) is 1. The predicted molar refractivity (Wildman–Crippen MR) is 90.3 cm³/mol. The van der Waals surface area contributed by atoms with Crippen molar-refractivity contribution in [1.29, 1.82) is 5.26 Å². The van der Waals surface area contributed by atoms with Crippen LogP contribution in [-0.4, -0.2) is 52.2 Å². The molecule has 3 rings (SSSR count). The lowest BCUT2D eigenvalue weighted by atomic mass is 10.2. The van der Waals surface area contributed by atoms with Crippen LogP contribution in [0.2, 0.25) is 0 Å². The van der Waals surface area contributed by atoms with Gasteiger partial charge in [0.05, 0.1) is 0 Å². The van der Waals surface area contributed by atoms with Gasteiger partial charge in [0.15, 0.2) is 0 Å². The van der Waals surface area contributed by atoms with Crippen LogP contribution in [0, 0.1) is 11.3 Å². The highest BCUT2D eigenvalue weighted by molar-refractivity contribution is 5.65. The van der Waals surface area contributed by atoms with Gasteiger partial charge >= 0.3 is 6.09 Å². The van der Waals surface area contributed by atoms with Crippen LogP contribution in [0.25, 0.3) is 0 Å². The zero-order chi connectivity index (χ0) is 17.6. The summed E-state index contributed by atoms with van der Waals surface area (Å²) in [5, 5.41) is 18.1. The number of piperazine rings is 1. The molecule has 0 saturated carbocycles. The number of ether oxygens (including phenoxy) is 1. The lowest BCUT2D eigenvalue weighted by Gasteiger charge is -2.33. The Morgan fingerprint density at radius 2 is 2.04 bits per heavy atom. The molecule has 7 heteroatoms. The van der Waals surface area contributed by atoms with Gasteiger partial charge in [0.2, 0.25) is 5.88 Å². The Balaban J connectivity index is 1.64. The number of amides is 1. The molecular formula is C18H18N4O3. The minimum Gasteiger partial charge on any atom is -0.465 e. The van der Waals surface area contributed by atoms with E-state index in [1.807, 2.05) is 24.3 Å². The molecule has 25 heavy (non-hydrogen) atoms. The second-order valence-electron chi connectivity index (χ2n) is 5.76. The van der Waals surface area contributed by atoms with E-state index in [1.165, 1.54) is 4.90 Å². The van der Waals surface area contributed by atoms with Gasteiger partial charge in [-0.1, -0.05) is 12.1 Å². The Labute approximate surface area is 145 Å². The van der Waals surface area contributed by atoms with E-state index < -0.39 is 6.09 Å². The van der Waals surface area contributed by atoms with Crippen LogP contribution >= 0.6 is 0 Å². The normalized spacial score (nSPS) is 14.8. The molecule has 0 aliphatic carbocycles. The van der Waals surface area contributed by atoms with E-state index >= 15 is 0 Å². The second kappa shape index (κ2) is 7.64. The molecule has 1 aliphatic heterocycles. The third kappa shape index (κ3) is 4.25. The Hall–Kier alpha value is -3.11. The first kappa shape index (κ1) is 16.7. The van der Waals surface area contributed by atoms with E-state index in [2.05, 4.69) is 16.0 Å². The van der Waals surface area contributed by atoms with Crippen molar-refractivity contribution in [3.8, 4) is 17.7 Å². The van der Waals surface area contributed by atoms with Crippen LogP contribution in [0.15, 0.2) is 42.6 Å². The highest BCUT2D eigenvalue weighted by Crippen LogP contribution is 2.23. The fourth-order valence-corrected chi connectivity index (χ4v) is 2.73. The number of hydrogen-bond acceptors (Lipinski definition) is 5. The molecule has 1 amide bonds. The Bertz CT molecular complexity index is 795. The average Bonchev–Trinajstić information content (AvgIpc) is 2.63. The first-order valence-corrected chi connectivity index (χ1v) is 7.98. The monoisotopic (exact) mass is 338 g/mol. The summed E-state index contributed by atoms with van der Waals surface area (Å²) in [6.45, 7) is 3.17. The van der Waals surface area contributed by atoms with E-state index in [0.29, 0.717) is 37.5 Å². The third-order valence-electron chi connectivity index (χ3n) is 4.05. The second-order valence-corrected chi connectivity index (χ2v) is 5.76. The first-order valence-electron chi connectivity index (χ1n) is 7.98. The quantitative estimate of drug-likeness (QED) is 0.921. The van der Waals surface area contributed by atoms with Crippen molar-refractivity contribution in [1.82, 2.24) is 14.8 Å². The van der Waals surface area contributed by atoms with E-state index in [-0.39, 0.29) is 5.88 Å². The SMILES string of the molecule is N#Cc1cccnc1Oc1cccc(CN2CCN(C(=O)O)CC2)c1. The van der Waals surface area contributed by atoms with Crippen LogP contribution in [0.3, 0.4) is 0 Å². The van der Waals surface area contributed by atoms with Gasteiger partial charge in [-0.05, 0) is 29.8 Å². The molecule has 0 unspecified atom stereocenters. The molecule has 128 valence electrons. The molecule has 2 aromatic rings. The summed E-state index contributed by atoms with van der Waals surface area (Å²) in [5.74, 6) is 0.911. The number of nitriles is 1. The summed E-state index contributed by atoms with van der Waals surface area (Å²) < 4.78 is 5.74. The summed E-state index contributed by atoms with van der Waals surface area (Å²) >= 11 is 0. The standard InChI is InChI=1S/C18H18N4O3/c19-12-15-4-2-6-20-17(15)25-16-5-1-3-14(11-16)13-21-7-9-22(10-8-21)18(23)24/h1-6,11H,7-10,13H2,(H,23,24). The maximum atomic E-state index is 11.0. The number of carbonyl (C=O) groups is 1. The Morgan fingerprint density at radius 3 is 2.76 bits per heavy atom. The largest absolute Gasteiger partial charge is 0.465 e. The zero-order valence-electron chi connectivity index (χ0n) is 13.6. The highest BCUT2D eigenvalue weighted by atomic mass is 16.5. The van der Waals surface area contributed by atoms with E-state index in [0.717, 1.165) is 12.1 Å². The number of nitrogens with zero attached hydrogens (tertiary/aromatic N) is 4. The molecule has 0 atom stereocenters. The molecule has 1 aliphatic rings. The lowest BCUT2D eigenvalue weighted by Crippen LogP contribution is -2.47. The number of hydrogen-bond donors (Lipinski definition) is 1. The summed E-state index contributed by atoms with van der Waals surface area (Å²) in [6.07, 6.45) is 0.723. The molecule has 1 saturated heterocycles.